The van der Waals surface area contributed by atoms with Crippen molar-refractivity contribution in [2.45, 2.75) is 0 Å². The molecule has 0 N–H and O–H groups in total. The lowest BCUT2D eigenvalue weighted by atomic mass is 9.59. The van der Waals surface area contributed by atoms with Gasteiger partial charge in [-0.1, -0.05) is 123 Å². The third-order valence-corrected chi connectivity index (χ3v) is 16.9. The van der Waals surface area contributed by atoms with Crippen LogP contribution in [-0.4, -0.2) is 127 Å². The Morgan fingerprint density at radius 3 is 1.04 bits per heavy atom. The van der Waals surface area contributed by atoms with Gasteiger partial charge in [-0.25, -0.2) is 4.98 Å². The van der Waals surface area contributed by atoms with Crippen LogP contribution in [-0.2, 0) is 0 Å². The first-order valence-electron chi connectivity index (χ1n) is 24.4. The molecular weight excluding hydrogens is 803 g/mol. The topological polar surface area (TPSA) is 17.8 Å². The highest BCUT2D eigenvalue weighted by Crippen LogP contribution is 2.45. The number of fused-ring (bicyclic) bond motifs is 3. The van der Waals surface area contributed by atoms with Gasteiger partial charge in [0.05, 0.1) is 11.0 Å². The molecule has 10 aromatic rings. The van der Waals surface area contributed by atoms with E-state index in [0.29, 0.717) is 0 Å². The summed E-state index contributed by atoms with van der Waals surface area (Å²) in [4.78, 5) is 5.42. The molecule has 0 radical (unpaired) electrons. The van der Waals surface area contributed by atoms with Gasteiger partial charge in [0.25, 0.3) is 0 Å². The van der Waals surface area contributed by atoms with Crippen molar-refractivity contribution < 1.29 is 0 Å². The monoisotopic (exact) mass is 855 g/mol. The summed E-state index contributed by atoms with van der Waals surface area (Å²) < 4.78 is 2.42. The van der Waals surface area contributed by atoms with Gasteiger partial charge in [-0.15, -0.1) is 38.2 Å². The first-order chi connectivity index (χ1) is 32.5. The van der Waals surface area contributed by atoms with E-state index in [4.69, 9.17) is 4.98 Å². The number of aromatic nitrogens is 2. The molecule has 2 nitrogen and oxygen atoms in total. The predicted octanol–water partition coefficient (Wildman–Crippen LogP) is -12.5. The molecule has 0 saturated heterocycles. The summed E-state index contributed by atoms with van der Waals surface area (Å²) in [6.07, 6.45) is 0. The summed E-state index contributed by atoms with van der Waals surface area (Å²) in [6, 6.07) is 43.4. The minimum absolute atomic E-state index is 0.954. The summed E-state index contributed by atoms with van der Waals surface area (Å²) in [5.74, 6) is 0.954. The molecule has 0 aliphatic heterocycles. The maximum absolute atomic E-state index is 5.42. The zero-order valence-electron chi connectivity index (χ0n) is 42.9. The minimum Gasteiger partial charge on any atom is -0.294 e. The van der Waals surface area contributed by atoms with E-state index in [1.54, 1.807) is 0 Å². The van der Waals surface area contributed by atoms with Crippen LogP contribution in [0.25, 0.3) is 94.2 Å². The van der Waals surface area contributed by atoms with Gasteiger partial charge in [0.15, 0.2) is 0 Å². The first-order valence-corrected chi connectivity index (χ1v) is 24.4. The predicted molar refractivity (Wildman–Crippen MR) is 346 cm³/mol. The second kappa shape index (κ2) is 17.2. The summed E-state index contributed by atoms with van der Waals surface area (Å²) in [5, 5.41) is 4.96. The maximum atomic E-state index is 5.42. The van der Waals surface area contributed by atoms with Crippen molar-refractivity contribution in [2.24, 2.45) is 0 Å². The molecule has 0 bridgehead atoms. The van der Waals surface area contributed by atoms with Gasteiger partial charge in [0, 0.05) is 11.3 Å². The van der Waals surface area contributed by atoms with Crippen molar-refractivity contribution in [2.75, 3.05) is 0 Å². The number of hydrogen-bond acceptors (Lipinski definition) is 1. The molecule has 1 aromatic heterocycles. The van der Waals surface area contributed by atoms with Crippen LogP contribution in [0.15, 0.2) is 115 Å². The van der Waals surface area contributed by atoms with Gasteiger partial charge in [-0.3, -0.25) is 4.57 Å². The SMILES string of the molecule is Bc1c(B)c(B)c(-c2cc(-c3c(B)c(B)c(B)c(B)c3B)cc(-c3c4ccccc4c(-c4cccc(-c5nc6ccccc6n5-c5c(B)c(B)c(B)c(B)c5B)c4)c4ccccc34)c2)c(B)c1B. The van der Waals surface area contributed by atoms with Crippen LogP contribution >= 0.6 is 0 Å². The quantitative estimate of drug-likeness (QED) is 0.120. The van der Waals surface area contributed by atoms with Gasteiger partial charge in [-0.2, -0.15) is 0 Å². The number of rotatable bonds is 6. The number of benzene rings is 9. The van der Waals surface area contributed by atoms with Gasteiger partial charge in [0.1, 0.15) is 124 Å². The minimum atomic E-state index is 0.954. The standard InChI is InChI=1S/C51H49B15N2/c52-35-33(36(53)40(57)43(60)39(35)56)23-17-22(18-24(19-23)34-37(54)41(58)44(61)42(59)38(34)55)32-27-12-3-1-10-25(27)31(26-11-2-4-13-28(26)32)20-8-7-9-21(16-20)51-67-29-14-5-6-15-30(29)68(51)50-48(65)46(63)45(62)47(64)49(50)66/h1-19H,52-66H2. The van der Waals surface area contributed by atoms with Crippen LogP contribution < -0.4 is 81.9 Å². The molecule has 0 aliphatic carbocycles. The molecule has 308 valence electrons. The normalized spacial score (nSPS) is 11.5. The zero-order valence-corrected chi connectivity index (χ0v) is 42.9. The Balaban J connectivity index is 1.26. The van der Waals surface area contributed by atoms with Crippen LogP contribution in [0.3, 0.4) is 0 Å². The van der Waals surface area contributed by atoms with Crippen molar-refractivity contribution in [1.29, 1.82) is 0 Å². The number of hydrogen-bond donors (Lipinski definition) is 0. The number of para-hydroxylation sites is 2. The first kappa shape index (κ1) is 45.7. The maximum Gasteiger partial charge on any atom is 0.145 e. The van der Waals surface area contributed by atoms with E-state index in [-0.39, 0.29) is 0 Å². The van der Waals surface area contributed by atoms with Crippen LogP contribution in [0.2, 0.25) is 0 Å². The van der Waals surface area contributed by atoms with Crippen LogP contribution in [0.5, 0.6) is 0 Å². The third-order valence-electron chi connectivity index (χ3n) is 16.9. The van der Waals surface area contributed by atoms with Crippen LogP contribution in [0.4, 0.5) is 0 Å². The fourth-order valence-corrected chi connectivity index (χ4v) is 11.8. The highest BCUT2D eigenvalue weighted by Gasteiger charge is 2.24. The van der Waals surface area contributed by atoms with E-state index in [2.05, 4.69) is 238 Å². The number of imidazole rings is 1. The van der Waals surface area contributed by atoms with Gasteiger partial charge in [-0.05, 0) is 102 Å². The molecule has 0 aliphatic rings. The highest BCUT2D eigenvalue weighted by atomic mass is 15.1. The second-order valence-electron chi connectivity index (χ2n) is 20.0. The van der Waals surface area contributed by atoms with E-state index in [1.165, 1.54) is 154 Å². The third kappa shape index (κ3) is 6.96. The van der Waals surface area contributed by atoms with Crippen LogP contribution in [0.1, 0.15) is 0 Å². The molecule has 68 heavy (non-hydrogen) atoms. The Morgan fingerprint density at radius 2 is 0.603 bits per heavy atom. The molecule has 10 rings (SSSR count). The van der Waals surface area contributed by atoms with Crippen LogP contribution in [0, 0.1) is 0 Å². The summed E-state index contributed by atoms with van der Waals surface area (Å²) in [6.45, 7) is 0. The fraction of sp³-hybridized carbons (Fsp3) is 0. The van der Waals surface area contributed by atoms with E-state index in [0.717, 1.165) is 22.4 Å². The molecule has 9 aromatic carbocycles. The molecule has 0 amide bonds. The molecular formula is C51H49B15N2. The lowest BCUT2D eigenvalue weighted by Crippen LogP contribution is -2.56. The molecule has 0 unspecified atom stereocenters. The van der Waals surface area contributed by atoms with Gasteiger partial charge >= 0.3 is 0 Å². The van der Waals surface area contributed by atoms with Crippen molar-refractivity contribution in [3.63, 3.8) is 0 Å². The second-order valence-corrected chi connectivity index (χ2v) is 20.0. The average Bonchev–Trinajstić information content (AvgIpc) is 3.73. The van der Waals surface area contributed by atoms with Crippen molar-refractivity contribution in [3.8, 4) is 61.6 Å². The number of nitrogens with zero attached hydrogens (tertiary/aromatic N) is 2. The van der Waals surface area contributed by atoms with E-state index < -0.39 is 0 Å². The zero-order chi connectivity index (χ0) is 48.2. The molecule has 17 heteroatoms. The Kier molecular flexibility index (Phi) is 11.5. The van der Waals surface area contributed by atoms with Crippen molar-refractivity contribution in [1.82, 2.24) is 9.55 Å². The Hall–Kier alpha value is -6.06. The largest absolute Gasteiger partial charge is 0.294 e. The molecule has 1 heterocycles. The van der Waals surface area contributed by atoms with E-state index in [1.807, 2.05) is 0 Å². The van der Waals surface area contributed by atoms with E-state index in [9.17, 15) is 0 Å². The smallest absolute Gasteiger partial charge is 0.145 e. The highest BCUT2D eigenvalue weighted by molar-refractivity contribution is 6.71. The molecule has 0 spiro atoms. The molecule has 0 atom stereocenters. The Bertz CT molecular complexity index is 3590. The Morgan fingerprint density at radius 1 is 0.279 bits per heavy atom. The summed E-state index contributed by atoms with van der Waals surface area (Å²) in [5.41, 5.74) is 34.9. The molecule has 0 saturated carbocycles. The lowest BCUT2D eigenvalue weighted by molar-refractivity contribution is 1.12. The fourth-order valence-electron chi connectivity index (χ4n) is 11.8. The van der Waals surface area contributed by atoms with Crippen molar-refractivity contribution >= 4 is 232 Å². The van der Waals surface area contributed by atoms with E-state index >= 15 is 0 Å². The van der Waals surface area contributed by atoms with Gasteiger partial charge < -0.3 is 0 Å². The van der Waals surface area contributed by atoms with Gasteiger partial charge in [0.2, 0.25) is 0 Å². The van der Waals surface area contributed by atoms with Crippen molar-refractivity contribution in [3.05, 3.63) is 115 Å². The molecule has 0 fully saturated rings. The lowest BCUT2D eigenvalue weighted by Gasteiger charge is -2.25. The summed E-state index contributed by atoms with van der Waals surface area (Å²) >= 11 is 0. The average molecular weight is 852 g/mol. The Labute approximate surface area is 416 Å². The summed E-state index contributed by atoms with van der Waals surface area (Å²) in [7, 11) is 34.3.